The van der Waals surface area contributed by atoms with Gasteiger partial charge in [0.25, 0.3) is 0 Å². The Hall–Kier alpha value is -0.890. The third-order valence-electron chi connectivity index (χ3n) is 4.48. The predicted molar refractivity (Wildman–Crippen MR) is 110 cm³/mol. The molecule has 1 aliphatic heterocycles. The lowest BCUT2D eigenvalue weighted by atomic mass is 10.0. The monoisotopic (exact) mass is 448 g/mol. The summed E-state index contributed by atoms with van der Waals surface area (Å²) in [6.45, 7) is 5.98. The molecule has 1 aromatic carbocycles. The first-order valence-electron chi connectivity index (χ1n) is 8.62. The van der Waals surface area contributed by atoms with Crippen molar-refractivity contribution in [2.24, 2.45) is 4.99 Å². The average molecular weight is 448 g/mol. The smallest absolute Gasteiger partial charge is 0.191 e. The van der Waals surface area contributed by atoms with E-state index in [-0.39, 0.29) is 29.8 Å². The fourth-order valence-electron chi connectivity index (χ4n) is 3.02. The van der Waals surface area contributed by atoms with Crippen LogP contribution in [-0.4, -0.2) is 43.6 Å². The van der Waals surface area contributed by atoms with E-state index in [9.17, 15) is 4.39 Å². The fraction of sp³-hybridized carbons (Fsp3) is 0.611. The highest BCUT2D eigenvalue weighted by Crippen LogP contribution is 2.16. The maximum Gasteiger partial charge on any atom is 0.191 e. The molecular formula is C18H30FIN4. The minimum atomic E-state index is -0.186. The zero-order chi connectivity index (χ0) is 16.5. The molecule has 1 aliphatic rings. The molecule has 1 unspecified atom stereocenters. The molecule has 0 aromatic heterocycles. The minimum absolute atomic E-state index is 0. The van der Waals surface area contributed by atoms with E-state index in [1.54, 1.807) is 19.2 Å². The maximum absolute atomic E-state index is 13.6. The number of rotatable bonds is 6. The summed E-state index contributed by atoms with van der Waals surface area (Å²) < 4.78 is 13.6. The van der Waals surface area contributed by atoms with Gasteiger partial charge in [0, 0.05) is 38.3 Å². The summed E-state index contributed by atoms with van der Waals surface area (Å²) in [5.74, 6) is 0.537. The number of hydrogen-bond acceptors (Lipinski definition) is 2. The number of aliphatic imine (C=N–C) groups is 1. The van der Waals surface area contributed by atoms with Crippen LogP contribution in [0.3, 0.4) is 0 Å². The average Bonchev–Trinajstić information content (AvgIpc) is 2.57. The second-order valence-corrected chi connectivity index (χ2v) is 6.18. The fourth-order valence-corrected chi connectivity index (χ4v) is 3.02. The van der Waals surface area contributed by atoms with Gasteiger partial charge >= 0.3 is 0 Å². The van der Waals surface area contributed by atoms with E-state index in [0.717, 1.165) is 25.5 Å². The van der Waals surface area contributed by atoms with Crippen molar-refractivity contribution in [1.29, 1.82) is 0 Å². The Labute approximate surface area is 162 Å². The highest BCUT2D eigenvalue weighted by molar-refractivity contribution is 14.0. The molecule has 1 saturated heterocycles. The number of hydrogen-bond donors (Lipinski definition) is 2. The molecule has 136 valence electrons. The summed E-state index contributed by atoms with van der Waals surface area (Å²) in [6, 6.07) is 7.52. The molecule has 0 radical (unpaired) electrons. The van der Waals surface area contributed by atoms with Gasteiger partial charge in [-0.1, -0.05) is 24.6 Å². The van der Waals surface area contributed by atoms with E-state index in [1.165, 1.54) is 31.9 Å². The first-order chi connectivity index (χ1) is 11.2. The molecule has 0 amide bonds. The van der Waals surface area contributed by atoms with Gasteiger partial charge in [0.05, 0.1) is 0 Å². The second-order valence-electron chi connectivity index (χ2n) is 6.18. The molecule has 0 aliphatic carbocycles. The summed E-state index contributed by atoms with van der Waals surface area (Å²) in [6.07, 6.45) is 5.09. The summed E-state index contributed by atoms with van der Waals surface area (Å²) in [5.41, 5.74) is 0.651. The Balaban J connectivity index is 0.00000288. The van der Waals surface area contributed by atoms with Crippen molar-refractivity contribution in [1.82, 2.24) is 15.5 Å². The molecule has 6 heteroatoms. The molecule has 0 saturated carbocycles. The zero-order valence-corrected chi connectivity index (χ0v) is 17.1. The number of nitrogens with zero attached hydrogens (tertiary/aromatic N) is 2. The van der Waals surface area contributed by atoms with Gasteiger partial charge in [-0.05, 0) is 38.8 Å². The van der Waals surface area contributed by atoms with E-state index in [1.807, 2.05) is 6.07 Å². The number of guanidine groups is 1. The van der Waals surface area contributed by atoms with Crippen molar-refractivity contribution in [2.75, 3.05) is 26.7 Å². The Kier molecular flexibility index (Phi) is 10.2. The van der Waals surface area contributed by atoms with Gasteiger partial charge in [0.2, 0.25) is 0 Å². The number of halogens is 2. The van der Waals surface area contributed by atoms with Crippen LogP contribution in [0.5, 0.6) is 0 Å². The van der Waals surface area contributed by atoms with Crippen molar-refractivity contribution in [3.8, 4) is 0 Å². The van der Waals surface area contributed by atoms with Crippen LogP contribution < -0.4 is 10.6 Å². The Morgan fingerprint density at radius 3 is 2.79 bits per heavy atom. The van der Waals surface area contributed by atoms with Crippen molar-refractivity contribution < 1.29 is 4.39 Å². The van der Waals surface area contributed by atoms with Crippen LogP contribution in [0.4, 0.5) is 4.39 Å². The van der Waals surface area contributed by atoms with Crippen LogP contribution in [0.15, 0.2) is 29.3 Å². The maximum atomic E-state index is 13.6. The molecule has 4 nitrogen and oxygen atoms in total. The first-order valence-corrected chi connectivity index (χ1v) is 8.62. The zero-order valence-electron chi connectivity index (χ0n) is 14.7. The number of benzene rings is 1. The Morgan fingerprint density at radius 2 is 2.08 bits per heavy atom. The largest absolute Gasteiger partial charge is 0.356 e. The van der Waals surface area contributed by atoms with Crippen molar-refractivity contribution in [2.45, 2.75) is 45.2 Å². The summed E-state index contributed by atoms with van der Waals surface area (Å²) >= 11 is 0. The summed E-state index contributed by atoms with van der Waals surface area (Å²) in [5, 5.41) is 6.46. The van der Waals surface area contributed by atoms with Gasteiger partial charge < -0.3 is 15.5 Å². The summed E-state index contributed by atoms with van der Waals surface area (Å²) in [4.78, 5) is 6.76. The van der Waals surface area contributed by atoms with E-state index >= 15 is 0 Å². The SMILES string of the molecule is CN=C(NCCCN1CCCCC1C)NCc1ccccc1F.I. The third kappa shape index (κ3) is 6.93. The van der Waals surface area contributed by atoms with Gasteiger partial charge in [0.1, 0.15) is 5.82 Å². The van der Waals surface area contributed by atoms with E-state index in [0.29, 0.717) is 18.2 Å². The van der Waals surface area contributed by atoms with Crippen LogP contribution >= 0.6 is 24.0 Å². The molecular weight excluding hydrogens is 418 g/mol. The standard InChI is InChI=1S/C18H29FN4.HI/c1-15-8-5-6-12-23(15)13-7-11-21-18(20-2)22-14-16-9-3-4-10-17(16)19;/h3-4,9-10,15H,5-8,11-14H2,1-2H3,(H2,20,21,22);1H. The molecule has 1 heterocycles. The highest BCUT2D eigenvalue weighted by atomic mass is 127. The van der Waals surface area contributed by atoms with Crippen molar-refractivity contribution in [3.05, 3.63) is 35.6 Å². The molecule has 1 aromatic rings. The van der Waals surface area contributed by atoms with Crippen LogP contribution in [0.2, 0.25) is 0 Å². The predicted octanol–water partition coefficient (Wildman–Crippen LogP) is 3.37. The number of nitrogens with one attached hydrogen (secondary N) is 2. The van der Waals surface area contributed by atoms with Crippen LogP contribution in [0.1, 0.15) is 38.2 Å². The van der Waals surface area contributed by atoms with E-state index < -0.39 is 0 Å². The van der Waals surface area contributed by atoms with Gasteiger partial charge in [0.15, 0.2) is 5.96 Å². The molecule has 2 rings (SSSR count). The normalized spacial score (nSPS) is 18.8. The van der Waals surface area contributed by atoms with Crippen LogP contribution in [-0.2, 0) is 6.54 Å². The van der Waals surface area contributed by atoms with Gasteiger partial charge in [-0.15, -0.1) is 24.0 Å². The molecule has 0 spiro atoms. The van der Waals surface area contributed by atoms with E-state index in [4.69, 9.17) is 0 Å². The third-order valence-corrected chi connectivity index (χ3v) is 4.48. The second kappa shape index (κ2) is 11.6. The van der Waals surface area contributed by atoms with Gasteiger partial charge in [-0.2, -0.15) is 0 Å². The highest BCUT2D eigenvalue weighted by Gasteiger charge is 2.17. The van der Waals surface area contributed by atoms with E-state index in [2.05, 4.69) is 27.4 Å². The quantitative estimate of drug-likeness (QED) is 0.304. The molecule has 1 atom stereocenters. The van der Waals surface area contributed by atoms with Gasteiger partial charge in [-0.3, -0.25) is 4.99 Å². The van der Waals surface area contributed by atoms with Crippen molar-refractivity contribution in [3.63, 3.8) is 0 Å². The lowest BCUT2D eigenvalue weighted by molar-refractivity contribution is 0.159. The Morgan fingerprint density at radius 1 is 1.29 bits per heavy atom. The van der Waals surface area contributed by atoms with Crippen LogP contribution in [0, 0.1) is 5.82 Å². The van der Waals surface area contributed by atoms with Crippen molar-refractivity contribution >= 4 is 29.9 Å². The molecule has 0 bridgehead atoms. The summed E-state index contributed by atoms with van der Waals surface area (Å²) in [7, 11) is 1.74. The number of likely N-dealkylation sites (tertiary alicyclic amines) is 1. The topological polar surface area (TPSA) is 39.7 Å². The Bertz CT molecular complexity index is 510. The minimum Gasteiger partial charge on any atom is -0.356 e. The number of piperidine rings is 1. The lowest BCUT2D eigenvalue weighted by Crippen LogP contribution is -2.41. The molecule has 1 fully saturated rings. The first kappa shape index (κ1) is 21.2. The molecule has 24 heavy (non-hydrogen) atoms. The molecule has 2 N–H and O–H groups in total. The van der Waals surface area contributed by atoms with Gasteiger partial charge in [-0.25, -0.2) is 4.39 Å². The van der Waals surface area contributed by atoms with Crippen LogP contribution in [0.25, 0.3) is 0 Å². The lowest BCUT2D eigenvalue weighted by Gasteiger charge is -2.33.